The fourth-order valence-corrected chi connectivity index (χ4v) is 8.60. The molecular formula is C54H35N3. The molecule has 0 N–H and O–H groups in total. The second-order valence-corrected chi connectivity index (χ2v) is 14.5. The van der Waals surface area contributed by atoms with Crippen molar-refractivity contribution in [2.45, 2.75) is 0 Å². The van der Waals surface area contributed by atoms with Gasteiger partial charge in [0.1, 0.15) is 0 Å². The molecule has 0 radical (unpaired) electrons. The summed E-state index contributed by atoms with van der Waals surface area (Å²) in [6, 6.07) is 75.7. The van der Waals surface area contributed by atoms with E-state index in [9.17, 15) is 0 Å². The lowest BCUT2D eigenvalue weighted by atomic mass is 9.91. The molecule has 266 valence electrons. The Labute approximate surface area is 330 Å². The first-order chi connectivity index (χ1) is 28.3. The molecule has 11 rings (SSSR count). The Hall–Kier alpha value is -7.62. The molecule has 57 heavy (non-hydrogen) atoms. The van der Waals surface area contributed by atoms with Crippen LogP contribution in [0.15, 0.2) is 212 Å². The number of hydrogen-bond acceptors (Lipinski definition) is 2. The van der Waals surface area contributed by atoms with E-state index in [1.54, 1.807) is 0 Å². The van der Waals surface area contributed by atoms with E-state index in [1.165, 1.54) is 54.8 Å². The Morgan fingerprint density at radius 2 is 0.719 bits per heavy atom. The Bertz CT molecular complexity index is 3270. The molecule has 0 aliphatic rings. The standard InChI is InChI=1S/C54H35N3/c1-4-16-36(17-5-1)40-29-31-46(44-24-12-10-22-42(40)44)50-35-51(56-54(55-50)37-18-6-2-7-19-37)47-32-30-41(43-23-11-13-25-45(43)47)38-28-33-53-49(34-38)48-26-14-15-27-52(48)57(53)39-20-8-3-9-21-39/h1-35H. The summed E-state index contributed by atoms with van der Waals surface area (Å²) in [5.41, 5.74) is 13.2. The summed E-state index contributed by atoms with van der Waals surface area (Å²) in [6.45, 7) is 0. The van der Waals surface area contributed by atoms with Gasteiger partial charge in [0.05, 0.1) is 22.4 Å². The Balaban J connectivity index is 1.09. The van der Waals surface area contributed by atoms with E-state index in [1.807, 2.05) is 18.2 Å². The van der Waals surface area contributed by atoms with Crippen molar-refractivity contribution in [3.05, 3.63) is 212 Å². The molecule has 2 aromatic heterocycles. The quantitative estimate of drug-likeness (QED) is 0.171. The number of para-hydroxylation sites is 2. The van der Waals surface area contributed by atoms with E-state index in [-0.39, 0.29) is 0 Å². The first-order valence-electron chi connectivity index (χ1n) is 19.4. The minimum absolute atomic E-state index is 0.702. The molecule has 0 aliphatic heterocycles. The molecular weight excluding hydrogens is 691 g/mol. The van der Waals surface area contributed by atoms with E-state index in [2.05, 4.69) is 199 Å². The molecule has 0 fully saturated rings. The van der Waals surface area contributed by atoms with Crippen LogP contribution in [-0.4, -0.2) is 14.5 Å². The van der Waals surface area contributed by atoms with Crippen molar-refractivity contribution < 1.29 is 0 Å². The van der Waals surface area contributed by atoms with Gasteiger partial charge in [0.2, 0.25) is 0 Å². The molecule has 0 spiro atoms. The van der Waals surface area contributed by atoms with Crippen LogP contribution >= 0.6 is 0 Å². The highest BCUT2D eigenvalue weighted by Crippen LogP contribution is 2.41. The van der Waals surface area contributed by atoms with E-state index in [4.69, 9.17) is 9.97 Å². The van der Waals surface area contributed by atoms with Crippen LogP contribution in [0.2, 0.25) is 0 Å². The largest absolute Gasteiger partial charge is 0.309 e. The summed E-state index contributed by atoms with van der Waals surface area (Å²) in [7, 11) is 0. The first kappa shape index (κ1) is 32.8. The maximum atomic E-state index is 5.29. The average Bonchev–Trinajstić information content (AvgIpc) is 3.62. The second kappa shape index (κ2) is 13.6. The number of nitrogens with zero attached hydrogens (tertiary/aromatic N) is 3. The summed E-state index contributed by atoms with van der Waals surface area (Å²) >= 11 is 0. The van der Waals surface area contributed by atoms with Crippen molar-refractivity contribution in [1.29, 1.82) is 0 Å². The van der Waals surface area contributed by atoms with Gasteiger partial charge in [0, 0.05) is 33.2 Å². The summed E-state index contributed by atoms with van der Waals surface area (Å²) in [6.07, 6.45) is 0. The van der Waals surface area contributed by atoms with Crippen molar-refractivity contribution >= 4 is 43.4 Å². The molecule has 9 aromatic carbocycles. The normalized spacial score (nSPS) is 11.5. The molecule has 0 atom stereocenters. The van der Waals surface area contributed by atoms with Crippen molar-refractivity contribution in [2.75, 3.05) is 0 Å². The number of fused-ring (bicyclic) bond motifs is 5. The lowest BCUT2D eigenvalue weighted by Crippen LogP contribution is -1.97. The number of rotatable bonds is 6. The van der Waals surface area contributed by atoms with Gasteiger partial charge in [0.25, 0.3) is 0 Å². The summed E-state index contributed by atoms with van der Waals surface area (Å²) in [5.74, 6) is 0.702. The highest BCUT2D eigenvalue weighted by Gasteiger charge is 2.18. The Kier molecular flexibility index (Phi) is 7.82. The average molecular weight is 726 g/mol. The minimum Gasteiger partial charge on any atom is -0.309 e. The molecule has 0 saturated heterocycles. The van der Waals surface area contributed by atoms with Gasteiger partial charge in [-0.2, -0.15) is 0 Å². The van der Waals surface area contributed by atoms with E-state index in [0.29, 0.717) is 5.82 Å². The van der Waals surface area contributed by atoms with Crippen molar-refractivity contribution in [3.8, 4) is 61.8 Å². The zero-order valence-electron chi connectivity index (χ0n) is 31.0. The predicted octanol–water partition coefficient (Wildman–Crippen LogP) is 14.2. The second-order valence-electron chi connectivity index (χ2n) is 14.5. The topological polar surface area (TPSA) is 30.7 Å². The van der Waals surface area contributed by atoms with E-state index in [0.717, 1.165) is 44.5 Å². The monoisotopic (exact) mass is 725 g/mol. The molecule has 0 unspecified atom stereocenters. The number of aromatic nitrogens is 3. The molecule has 3 nitrogen and oxygen atoms in total. The van der Waals surface area contributed by atoms with Gasteiger partial charge in [-0.3, -0.25) is 0 Å². The molecule has 3 heteroatoms. The van der Waals surface area contributed by atoms with Crippen LogP contribution in [0.25, 0.3) is 105 Å². The van der Waals surface area contributed by atoms with Crippen LogP contribution in [0.4, 0.5) is 0 Å². The smallest absolute Gasteiger partial charge is 0.160 e. The van der Waals surface area contributed by atoms with Crippen LogP contribution in [0.5, 0.6) is 0 Å². The maximum absolute atomic E-state index is 5.29. The highest BCUT2D eigenvalue weighted by atomic mass is 15.0. The van der Waals surface area contributed by atoms with Gasteiger partial charge in [0.15, 0.2) is 5.82 Å². The third-order valence-corrected chi connectivity index (χ3v) is 11.2. The Morgan fingerprint density at radius 1 is 0.281 bits per heavy atom. The van der Waals surface area contributed by atoms with Crippen LogP contribution in [0.1, 0.15) is 0 Å². The highest BCUT2D eigenvalue weighted by molar-refractivity contribution is 6.12. The first-order valence-corrected chi connectivity index (χ1v) is 19.4. The molecule has 0 aliphatic carbocycles. The van der Waals surface area contributed by atoms with Crippen molar-refractivity contribution in [2.24, 2.45) is 0 Å². The molecule has 0 bridgehead atoms. The lowest BCUT2D eigenvalue weighted by molar-refractivity contribution is 1.18. The van der Waals surface area contributed by atoms with Crippen LogP contribution in [0.3, 0.4) is 0 Å². The lowest BCUT2D eigenvalue weighted by Gasteiger charge is -2.15. The third kappa shape index (κ3) is 5.60. The molecule has 2 heterocycles. The van der Waals surface area contributed by atoms with Crippen LogP contribution in [-0.2, 0) is 0 Å². The summed E-state index contributed by atoms with van der Waals surface area (Å²) < 4.78 is 2.37. The van der Waals surface area contributed by atoms with Gasteiger partial charge in [-0.1, -0.05) is 176 Å². The maximum Gasteiger partial charge on any atom is 0.160 e. The van der Waals surface area contributed by atoms with Crippen molar-refractivity contribution in [1.82, 2.24) is 14.5 Å². The zero-order valence-corrected chi connectivity index (χ0v) is 31.0. The van der Waals surface area contributed by atoms with Gasteiger partial charge < -0.3 is 4.57 Å². The SMILES string of the molecule is c1ccc(-c2nc(-c3ccc(-c4ccccc4)c4ccccc34)cc(-c3ccc(-c4ccc5c(c4)c4ccccc4n5-c4ccccc4)c4ccccc34)n2)cc1. The Morgan fingerprint density at radius 3 is 1.32 bits per heavy atom. The van der Waals surface area contributed by atoms with Crippen molar-refractivity contribution in [3.63, 3.8) is 0 Å². The fraction of sp³-hybridized carbons (Fsp3) is 0. The van der Waals surface area contributed by atoms with Gasteiger partial charge >= 0.3 is 0 Å². The predicted molar refractivity (Wildman–Crippen MR) is 239 cm³/mol. The number of hydrogen-bond donors (Lipinski definition) is 0. The van der Waals surface area contributed by atoms with Crippen LogP contribution < -0.4 is 0 Å². The van der Waals surface area contributed by atoms with Gasteiger partial charge in [-0.25, -0.2) is 9.97 Å². The fourth-order valence-electron chi connectivity index (χ4n) is 8.60. The summed E-state index contributed by atoms with van der Waals surface area (Å²) in [4.78, 5) is 10.6. The number of benzene rings is 9. The van der Waals surface area contributed by atoms with Gasteiger partial charge in [-0.05, 0) is 80.2 Å². The van der Waals surface area contributed by atoms with Crippen LogP contribution in [0, 0.1) is 0 Å². The third-order valence-electron chi connectivity index (χ3n) is 11.2. The summed E-state index contributed by atoms with van der Waals surface area (Å²) in [5, 5.41) is 7.16. The minimum atomic E-state index is 0.702. The molecule has 0 amide bonds. The van der Waals surface area contributed by atoms with Gasteiger partial charge in [-0.15, -0.1) is 0 Å². The molecule has 0 saturated carbocycles. The zero-order chi connectivity index (χ0) is 37.7. The van der Waals surface area contributed by atoms with E-state index < -0.39 is 0 Å². The van der Waals surface area contributed by atoms with E-state index >= 15 is 0 Å². The molecule has 11 aromatic rings.